The van der Waals surface area contributed by atoms with E-state index in [1.807, 2.05) is 48.5 Å². The van der Waals surface area contributed by atoms with Crippen LogP contribution in [-0.2, 0) is 5.41 Å². The van der Waals surface area contributed by atoms with E-state index in [4.69, 9.17) is 26.3 Å². The van der Waals surface area contributed by atoms with Crippen molar-refractivity contribution in [2.24, 2.45) is 0 Å². The van der Waals surface area contributed by atoms with Crippen molar-refractivity contribution in [3.8, 4) is 67.9 Å². The molecule has 2 aliphatic rings. The van der Waals surface area contributed by atoms with Crippen LogP contribution in [0.3, 0.4) is 0 Å². The Morgan fingerprint density at radius 1 is 0.404 bits per heavy atom. The van der Waals surface area contributed by atoms with E-state index in [0.717, 1.165) is 50.4 Å². The fourth-order valence-electron chi connectivity index (χ4n) is 7.89. The second-order valence-corrected chi connectivity index (χ2v) is 13.1. The summed E-state index contributed by atoms with van der Waals surface area (Å²) in [5, 5.41) is 0. The molecule has 2 heterocycles. The van der Waals surface area contributed by atoms with Crippen LogP contribution in [0.4, 0.5) is 5.69 Å². The van der Waals surface area contributed by atoms with Crippen molar-refractivity contribution in [3.63, 3.8) is 0 Å². The summed E-state index contributed by atoms with van der Waals surface area (Å²) in [7, 11) is 0. The van der Waals surface area contributed by atoms with Crippen LogP contribution in [0.1, 0.15) is 22.3 Å². The monoisotopic (exact) mass is 664 g/mol. The minimum absolute atomic E-state index is 0.536. The maximum atomic E-state index is 7.45. The fourth-order valence-corrected chi connectivity index (χ4v) is 7.89. The van der Waals surface area contributed by atoms with Crippen LogP contribution in [0.2, 0.25) is 0 Å². The van der Waals surface area contributed by atoms with Crippen LogP contribution in [-0.4, -0.2) is 15.0 Å². The van der Waals surface area contributed by atoms with Gasteiger partial charge in [-0.25, -0.2) is 19.8 Å². The smallest absolute Gasteiger partial charge is 0.187 e. The molecule has 1 aromatic heterocycles. The second kappa shape index (κ2) is 11.7. The largest absolute Gasteiger partial charge is 0.457 e. The van der Waals surface area contributed by atoms with Crippen LogP contribution in [0, 0.1) is 6.57 Å². The number of hydrogen-bond acceptors (Lipinski definition) is 4. The van der Waals surface area contributed by atoms with Gasteiger partial charge in [-0.15, -0.1) is 0 Å². The van der Waals surface area contributed by atoms with E-state index in [-0.39, 0.29) is 0 Å². The van der Waals surface area contributed by atoms with Crippen molar-refractivity contribution < 1.29 is 4.74 Å². The Morgan fingerprint density at radius 2 is 0.865 bits per heavy atom. The third-order valence-corrected chi connectivity index (χ3v) is 10.2. The Morgan fingerprint density at radius 3 is 1.50 bits per heavy atom. The fraction of sp³-hybridized carbons (Fsp3) is 0.0213. The van der Waals surface area contributed by atoms with Crippen LogP contribution >= 0.6 is 0 Å². The first kappa shape index (κ1) is 29.7. The van der Waals surface area contributed by atoms with E-state index in [1.54, 1.807) is 12.1 Å². The van der Waals surface area contributed by atoms with Gasteiger partial charge in [-0.3, -0.25) is 0 Å². The van der Waals surface area contributed by atoms with Crippen LogP contribution in [0.5, 0.6) is 11.5 Å². The van der Waals surface area contributed by atoms with Crippen molar-refractivity contribution in [1.29, 1.82) is 0 Å². The summed E-state index contributed by atoms with van der Waals surface area (Å²) >= 11 is 0. The summed E-state index contributed by atoms with van der Waals surface area (Å²) < 4.78 is 6.66. The van der Waals surface area contributed by atoms with Crippen molar-refractivity contribution in [2.75, 3.05) is 0 Å². The van der Waals surface area contributed by atoms with E-state index in [0.29, 0.717) is 23.2 Å². The number of fused-ring (bicyclic) bond motifs is 9. The van der Waals surface area contributed by atoms with Crippen molar-refractivity contribution in [2.45, 2.75) is 5.41 Å². The number of benzene rings is 7. The van der Waals surface area contributed by atoms with E-state index >= 15 is 0 Å². The van der Waals surface area contributed by atoms with E-state index in [1.165, 1.54) is 22.3 Å². The Hall–Kier alpha value is -7.16. The van der Waals surface area contributed by atoms with Crippen LogP contribution in [0.15, 0.2) is 170 Å². The highest BCUT2D eigenvalue weighted by molar-refractivity contribution is 5.89. The molecular formula is C47H28N4O. The third-order valence-electron chi connectivity index (χ3n) is 10.2. The normalized spacial score (nSPS) is 12.9. The zero-order chi connectivity index (χ0) is 34.6. The quantitative estimate of drug-likeness (QED) is 0.176. The van der Waals surface area contributed by atoms with Gasteiger partial charge in [0.05, 0.1) is 12.0 Å². The standard InChI is InChI=1S/C47H28N4O/c1-48-35-26-23-33(24-27-35)45-49-44(32-21-19-31(20-22-32)30-11-3-2-4-12-30)50-46(51-45)34-25-28-43-41(29-34)47(40-17-9-10-18-42(40)52-43)38-15-7-5-13-36(38)37-14-6-8-16-39(37)47/h2-29H. The lowest BCUT2D eigenvalue weighted by Gasteiger charge is -2.39. The van der Waals surface area contributed by atoms with Crippen molar-refractivity contribution >= 4 is 5.69 Å². The van der Waals surface area contributed by atoms with Gasteiger partial charge in [0.1, 0.15) is 11.5 Å². The van der Waals surface area contributed by atoms with Gasteiger partial charge in [-0.05, 0) is 57.6 Å². The SMILES string of the molecule is [C-]#[N+]c1ccc(-c2nc(-c3ccc(-c4ccccc4)cc3)nc(-c3ccc4c(c3)C3(c5ccccc5O4)c4ccccc4-c4ccccc43)n2)cc1. The van der Waals surface area contributed by atoms with Gasteiger partial charge in [0.15, 0.2) is 23.2 Å². The molecule has 0 N–H and O–H groups in total. The number of para-hydroxylation sites is 1. The van der Waals surface area contributed by atoms with Crippen molar-refractivity contribution in [1.82, 2.24) is 15.0 Å². The number of hydrogen-bond donors (Lipinski definition) is 0. The molecule has 0 saturated carbocycles. The Labute approximate surface area is 301 Å². The van der Waals surface area contributed by atoms with Gasteiger partial charge in [0.25, 0.3) is 0 Å². The maximum absolute atomic E-state index is 7.45. The van der Waals surface area contributed by atoms with E-state index in [9.17, 15) is 0 Å². The number of aromatic nitrogens is 3. The average molecular weight is 665 g/mol. The van der Waals surface area contributed by atoms with Gasteiger partial charge in [-0.1, -0.05) is 146 Å². The molecule has 0 radical (unpaired) electrons. The summed E-state index contributed by atoms with van der Waals surface area (Å²) in [4.78, 5) is 18.8. The molecule has 1 aliphatic heterocycles. The predicted molar refractivity (Wildman–Crippen MR) is 205 cm³/mol. The molecule has 52 heavy (non-hydrogen) atoms. The second-order valence-electron chi connectivity index (χ2n) is 13.1. The first-order valence-corrected chi connectivity index (χ1v) is 17.2. The van der Waals surface area contributed by atoms with Crippen LogP contribution in [0.25, 0.3) is 61.3 Å². The first-order valence-electron chi connectivity index (χ1n) is 17.2. The van der Waals surface area contributed by atoms with Gasteiger partial charge < -0.3 is 4.74 Å². The van der Waals surface area contributed by atoms with Gasteiger partial charge in [0, 0.05) is 27.8 Å². The molecule has 0 bridgehead atoms. The molecule has 10 rings (SSSR count). The Bertz CT molecular complexity index is 2670. The van der Waals surface area contributed by atoms with Crippen LogP contribution < -0.4 is 4.74 Å². The third kappa shape index (κ3) is 4.52. The molecule has 0 amide bonds. The number of ether oxygens (including phenoxy) is 1. The maximum Gasteiger partial charge on any atom is 0.187 e. The molecule has 0 saturated heterocycles. The van der Waals surface area contributed by atoms with E-state index < -0.39 is 5.41 Å². The minimum Gasteiger partial charge on any atom is -0.457 e. The predicted octanol–water partition coefficient (Wildman–Crippen LogP) is 11.6. The zero-order valence-electron chi connectivity index (χ0n) is 27.9. The van der Waals surface area contributed by atoms with E-state index in [2.05, 4.69) is 114 Å². The Kier molecular flexibility index (Phi) is 6.70. The lowest BCUT2D eigenvalue weighted by atomic mass is 9.66. The highest BCUT2D eigenvalue weighted by Gasteiger charge is 2.51. The summed E-state index contributed by atoms with van der Waals surface area (Å²) in [6.07, 6.45) is 0. The molecule has 0 unspecified atom stereocenters. The summed E-state index contributed by atoms with van der Waals surface area (Å²) in [5.74, 6) is 3.31. The van der Waals surface area contributed by atoms with Gasteiger partial charge in [0.2, 0.25) is 0 Å². The highest BCUT2D eigenvalue weighted by atomic mass is 16.5. The molecule has 5 nitrogen and oxygen atoms in total. The number of nitrogens with zero attached hydrogens (tertiary/aromatic N) is 4. The van der Waals surface area contributed by atoms with Gasteiger partial charge >= 0.3 is 0 Å². The molecule has 7 aromatic carbocycles. The molecule has 8 aromatic rings. The minimum atomic E-state index is -0.602. The lowest BCUT2D eigenvalue weighted by Crippen LogP contribution is -2.32. The summed E-state index contributed by atoms with van der Waals surface area (Å²) in [5.41, 5.74) is 11.8. The zero-order valence-corrected chi connectivity index (χ0v) is 27.9. The first-order chi connectivity index (χ1) is 25.7. The average Bonchev–Trinajstić information content (AvgIpc) is 3.52. The van der Waals surface area contributed by atoms with Gasteiger partial charge in [-0.2, -0.15) is 0 Å². The molecule has 0 atom stereocenters. The molecule has 242 valence electrons. The highest BCUT2D eigenvalue weighted by Crippen LogP contribution is 2.62. The molecule has 1 spiro atoms. The molecule has 0 fully saturated rings. The van der Waals surface area contributed by atoms with Crippen molar-refractivity contribution in [3.05, 3.63) is 204 Å². The summed E-state index contributed by atoms with van der Waals surface area (Å²) in [6.45, 7) is 7.45. The topological polar surface area (TPSA) is 52.3 Å². The molecule has 1 aliphatic carbocycles. The number of rotatable bonds is 4. The molecular weight excluding hydrogens is 637 g/mol. The summed E-state index contributed by atoms with van der Waals surface area (Å²) in [6, 6.07) is 58.1. The molecule has 5 heteroatoms. The Balaban J connectivity index is 1.18. The lowest BCUT2D eigenvalue weighted by molar-refractivity contribution is 0.436.